The normalized spacial score (nSPS) is 23.6. The Labute approximate surface area is 245 Å². The van der Waals surface area contributed by atoms with Gasteiger partial charge < -0.3 is 19.3 Å². The number of likely N-dealkylation sites (tertiary alicyclic amines) is 1. The van der Waals surface area contributed by atoms with Gasteiger partial charge >= 0.3 is 5.97 Å². The van der Waals surface area contributed by atoms with E-state index in [-0.39, 0.29) is 13.2 Å². The summed E-state index contributed by atoms with van der Waals surface area (Å²) >= 11 is 0. The average Bonchev–Trinajstić information content (AvgIpc) is 3.46. The number of nitrogens with zero attached hydrogens (tertiary/aromatic N) is 1. The van der Waals surface area contributed by atoms with Gasteiger partial charge in [-0.2, -0.15) is 0 Å². The number of carbonyl (C=O) groups is 3. The summed E-state index contributed by atoms with van der Waals surface area (Å²) in [5.74, 6) is -3.37. The highest BCUT2D eigenvalue weighted by Crippen LogP contribution is 2.51. The summed E-state index contributed by atoms with van der Waals surface area (Å²) < 4.78 is 17.6. The summed E-state index contributed by atoms with van der Waals surface area (Å²) in [6.45, 7) is 5.48. The number of nitrogens with one attached hydrogen (secondary N) is 1. The van der Waals surface area contributed by atoms with E-state index in [0.717, 1.165) is 11.1 Å². The lowest BCUT2D eigenvalue weighted by atomic mass is 9.79. The number of aliphatic carboxylic acids is 1. The minimum Gasteiger partial charge on any atom is -0.493 e. The van der Waals surface area contributed by atoms with Crippen LogP contribution in [0.3, 0.4) is 0 Å². The Morgan fingerprint density at radius 3 is 2.10 bits per heavy atom. The van der Waals surface area contributed by atoms with Crippen molar-refractivity contribution in [2.75, 3.05) is 13.7 Å². The van der Waals surface area contributed by atoms with Gasteiger partial charge in [-0.25, -0.2) is 0 Å². The number of amides is 2. The molecule has 5 rings (SSSR count). The third-order valence-electron chi connectivity index (χ3n) is 7.93. The van der Waals surface area contributed by atoms with Crippen molar-refractivity contribution in [2.45, 2.75) is 51.1 Å². The predicted molar refractivity (Wildman–Crippen MR) is 155 cm³/mol. The van der Waals surface area contributed by atoms with E-state index in [0.29, 0.717) is 23.7 Å². The minimum absolute atomic E-state index is 0.159. The summed E-state index contributed by atoms with van der Waals surface area (Å²) in [5, 5.41) is 13.8. The molecule has 2 N–H and O–H groups in total. The molecule has 2 heterocycles. The van der Waals surface area contributed by atoms with E-state index in [1.54, 1.807) is 39.0 Å². The molecule has 9 heteroatoms. The maximum absolute atomic E-state index is 13.9. The number of methoxy groups -OCH3 is 1. The molecule has 4 unspecified atom stereocenters. The van der Waals surface area contributed by atoms with Crippen LogP contribution >= 0.6 is 0 Å². The molecule has 9 nitrogen and oxygen atoms in total. The number of rotatable bonds is 10. The lowest BCUT2D eigenvalue weighted by Gasteiger charge is -2.35. The molecule has 0 aliphatic carbocycles. The molecule has 220 valence electrons. The van der Waals surface area contributed by atoms with Gasteiger partial charge in [0.05, 0.1) is 32.2 Å². The number of hydrogen-bond acceptors (Lipinski definition) is 7. The number of fused-ring (bicyclic) bond motifs is 1. The van der Waals surface area contributed by atoms with Gasteiger partial charge in [-0.05, 0) is 49.6 Å². The number of ether oxygens (including phenoxy) is 3. The predicted octanol–water partition coefficient (Wildman–Crippen LogP) is 4.36. The first-order chi connectivity index (χ1) is 20.1. The van der Waals surface area contributed by atoms with E-state index in [1.165, 1.54) is 12.0 Å². The van der Waals surface area contributed by atoms with Gasteiger partial charge in [-0.15, -0.1) is 0 Å². The SMILES string of the molecule is COc1cc(C2NC(COCc3ccccc3)(C(=O)O)C3C(=O)N(C(C)(C)C)C(=O)C23)ccc1OCc1ccccc1. The van der Waals surface area contributed by atoms with Crippen molar-refractivity contribution in [3.8, 4) is 11.5 Å². The number of carbonyl (C=O) groups excluding carboxylic acids is 2. The van der Waals surface area contributed by atoms with E-state index >= 15 is 0 Å². The zero-order valence-corrected chi connectivity index (χ0v) is 24.2. The molecule has 3 aromatic rings. The maximum Gasteiger partial charge on any atom is 0.327 e. The second kappa shape index (κ2) is 11.6. The Hall–Kier alpha value is -4.21. The Kier molecular flexibility index (Phi) is 8.08. The van der Waals surface area contributed by atoms with Gasteiger partial charge in [-0.3, -0.25) is 24.6 Å². The van der Waals surface area contributed by atoms with Crippen molar-refractivity contribution in [3.05, 3.63) is 95.6 Å². The molecule has 2 amide bonds. The second-order valence-electron chi connectivity index (χ2n) is 11.7. The lowest BCUT2D eigenvalue weighted by Crippen LogP contribution is -2.60. The third-order valence-corrected chi connectivity index (χ3v) is 7.93. The van der Waals surface area contributed by atoms with Crippen molar-refractivity contribution in [3.63, 3.8) is 0 Å². The smallest absolute Gasteiger partial charge is 0.327 e. The highest BCUT2D eigenvalue weighted by molar-refractivity contribution is 6.10. The van der Waals surface area contributed by atoms with Crippen LogP contribution < -0.4 is 14.8 Å². The number of hydrogen-bond donors (Lipinski definition) is 2. The van der Waals surface area contributed by atoms with Crippen LogP contribution in [0, 0.1) is 11.8 Å². The van der Waals surface area contributed by atoms with E-state index < -0.39 is 46.7 Å². The molecule has 2 saturated heterocycles. The molecule has 3 aromatic carbocycles. The molecular formula is C33H36N2O7. The topological polar surface area (TPSA) is 114 Å². The Bertz CT molecular complexity index is 1450. The molecule has 2 aliphatic rings. The van der Waals surface area contributed by atoms with E-state index in [2.05, 4.69) is 5.32 Å². The molecule has 4 atom stereocenters. The average molecular weight is 573 g/mol. The third kappa shape index (κ3) is 5.37. The largest absolute Gasteiger partial charge is 0.493 e. The van der Waals surface area contributed by atoms with Gasteiger partial charge in [0.2, 0.25) is 11.8 Å². The summed E-state index contributed by atoms with van der Waals surface area (Å²) in [6, 6.07) is 23.5. The first kappa shape index (κ1) is 29.3. The zero-order chi connectivity index (χ0) is 30.1. The Morgan fingerprint density at radius 1 is 0.905 bits per heavy atom. The summed E-state index contributed by atoms with van der Waals surface area (Å²) in [5.41, 5.74) is -0.192. The van der Waals surface area contributed by atoms with Crippen molar-refractivity contribution < 1.29 is 33.7 Å². The van der Waals surface area contributed by atoms with Crippen LogP contribution in [-0.4, -0.2) is 52.6 Å². The minimum atomic E-state index is -1.83. The van der Waals surface area contributed by atoms with Crippen molar-refractivity contribution in [1.82, 2.24) is 10.2 Å². The van der Waals surface area contributed by atoms with Crippen molar-refractivity contribution in [2.24, 2.45) is 11.8 Å². The molecule has 42 heavy (non-hydrogen) atoms. The van der Waals surface area contributed by atoms with E-state index in [1.807, 2.05) is 60.7 Å². The van der Waals surface area contributed by atoms with Crippen LogP contribution in [0.4, 0.5) is 0 Å². The molecule has 0 spiro atoms. The quantitative estimate of drug-likeness (QED) is 0.345. The van der Waals surface area contributed by atoms with Crippen LogP contribution in [0.25, 0.3) is 0 Å². The number of imide groups is 1. The van der Waals surface area contributed by atoms with Gasteiger partial charge in [0.15, 0.2) is 17.0 Å². The lowest BCUT2D eigenvalue weighted by molar-refractivity contribution is -0.156. The van der Waals surface area contributed by atoms with E-state index in [4.69, 9.17) is 14.2 Å². The summed E-state index contributed by atoms with van der Waals surface area (Å²) in [4.78, 5) is 42.0. The number of carboxylic acids is 1. The van der Waals surface area contributed by atoms with Crippen LogP contribution in [0.15, 0.2) is 78.9 Å². The van der Waals surface area contributed by atoms with Crippen molar-refractivity contribution >= 4 is 17.8 Å². The van der Waals surface area contributed by atoms with Gasteiger partial charge in [0.25, 0.3) is 0 Å². The van der Waals surface area contributed by atoms with Crippen LogP contribution in [0.5, 0.6) is 11.5 Å². The highest BCUT2D eigenvalue weighted by Gasteiger charge is 2.69. The summed E-state index contributed by atoms with van der Waals surface area (Å²) in [6.07, 6.45) is 0. The van der Waals surface area contributed by atoms with Crippen LogP contribution in [0.2, 0.25) is 0 Å². The molecule has 0 saturated carbocycles. The molecule has 2 fully saturated rings. The fraction of sp³-hybridized carbons (Fsp3) is 0.364. The van der Waals surface area contributed by atoms with Crippen LogP contribution in [0.1, 0.15) is 43.5 Å². The van der Waals surface area contributed by atoms with Gasteiger partial charge in [0, 0.05) is 11.6 Å². The first-order valence-electron chi connectivity index (χ1n) is 13.9. The first-order valence-corrected chi connectivity index (χ1v) is 13.9. The highest BCUT2D eigenvalue weighted by atomic mass is 16.5. The zero-order valence-electron chi connectivity index (χ0n) is 24.2. The number of benzene rings is 3. The Morgan fingerprint density at radius 2 is 1.52 bits per heavy atom. The molecule has 0 aromatic heterocycles. The van der Waals surface area contributed by atoms with Crippen molar-refractivity contribution in [1.29, 1.82) is 0 Å². The van der Waals surface area contributed by atoms with Crippen LogP contribution in [-0.2, 0) is 32.3 Å². The fourth-order valence-corrected chi connectivity index (χ4v) is 5.98. The standard InChI is InChI=1S/C33H36N2O7/c1-32(2,3)35-29(36)26-27(30(35)37)33(31(38)39,20-41-18-21-11-7-5-8-12-21)34-28(26)23-15-16-24(25(17-23)40-4)42-19-22-13-9-6-10-14-22/h5-17,26-28,34H,18-20H2,1-4H3,(H,38,39). The molecule has 0 radical (unpaired) electrons. The molecular weight excluding hydrogens is 536 g/mol. The van der Waals surface area contributed by atoms with Gasteiger partial charge in [-0.1, -0.05) is 66.7 Å². The monoisotopic (exact) mass is 572 g/mol. The maximum atomic E-state index is 13.9. The summed E-state index contributed by atoms with van der Waals surface area (Å²) in [7, 11) is 1.52. The van der Waals surface area contributed by atoms with E-state index in [9.17, 15) is 19.5 Å². The number of carboxylic acid groups (broad SMARTS) is 1. The Balaban J connectivity index is 1.49. The molecule has 0 bridgehead atoms. The fourth-order valence-electron chi connectivity index (χ4n) is 5.98. The molecule has 2 aliphatic heterocycles. The van der Waals surface area contributed by atoms with Gasteiger partial charge in [0.1, 0.15) is 6.61 Å². The second-order valence-corrected chi connectivity index (χ2v) is 11.7.